The zero-order chi connectivity index (χ0) is 24.8. The van der Waals surface area contributed by atoms with E-state index in [1.54, 1.807) is 0 Å². The normalized spacial score (nSPS) is 21.9. The second-order valence-corrected chi connectivity index (χ2v) is 10.0. The fourth-order valence-electron chi connectivity index (χ4n) is 5.22. The van der Waals surface area contributed by atoms with Crippen LogP contribution in [-0.2, 0) is 0 Å². The largest absolute Gasteiger partial charge is 0.465 e. The molecule has 8 nitrogen and oxygen atoms in total. The molecular formula is C27H37N5O3. The number of fused-ring (bicyclic) bond motifs is 1. The number of aryl methyl sites for hydroxylation is 2. The summed E-state index contributed by atoms with van der Waals surface area (Å²) in [5.74, 6) is 0.944. The Bertz CT molecular complexity index is 973. The van der Waals surface area contributed by atoms with E-state index < -0.39 is 6.09 Å². The summed E-state index contributed by atoms with van der Waals surface area (Å²) in [6.45, 7) is 7.92. The highest BCUT2D eigenvalue weighted by molar-refractivity contribution is 5.96. The highest BCUT2D eigenvalue weighted by Gasteiger charge is 2.42. The summed E-state index contributed by atoms with van der Waals surface area (Å²) in [7, 11) is 0. The van der Waals surface area contributed by atoms with Crippen LogP contribution in [0.4, 0.5) is 4.79 Å². The highest BCUT2D eigenvalue weighted by Crippen LogP contribution is 2.33. The van der Waals surface area contributed by atoms with Gasteiger partial charge in [0.2, 0.25) is 0 Å². The average Bonchev–Trinajstić information content (AvgIpc) is 3.34. The Morgan fingerprint density at radius 1 is 0.971 bits per heavy atom. The van der Waals surface area contributed by atoms with Crippen LogP contribution in [0.3, 0.4) is 0 Å². The molecule has 2 aromatic rings. The number of nitrogens with one attached hydrogen (secondary N) is 1. The average molecular weight is 480 g/mol. The highest BCUT2D eigenvalue weighted by atomic mass is 16.4. The number of aromatic nitrogens is 2. The van der Waals surface area contributed by atoms with Gasteiger partial charge in [0.25, 0.3) is 5.91 Å². The van der Waals surface area contributed by atoms with E-state index in [1.807, 2.05) is 49.1 Å². The molecule has 1 aliphatic carbocycles. The number of likely N-dealkylation sites (tertiary alicyclic amines) is 2. The van der Waals surface area contributed by atoms with E-state index >= 15 is 0 Å². The Balaban J connectivity index is 0.000000656. The van der Waals surface area contributed by atoms with E-state index in [0.29, 0.717) is 17.4 Å². The summed E-state index contributed by atoms with van der Waals surface area (Å²) in [4.78, 5) is 37.0. The van der Waals surface area contributed by atoms with Crippen molar-refractivity contribution in [3.8, 4) is 0 Å². The smallest absolute Gasteiger partial charge is 0.405 e. The minimum absolute atomic E-state index is 0.0337. The Morgan fingerprint density at radius 3 is 2.06 bits per heavy atom. The molecule has 8 heteroatoms. The van der Waals surface area contributed by atoms with Crippen molar-refractivity contribution in [2.24, 2.45) is 11.8 Å². The van der Waals surface area contributed by atoms with E-state index in [1.165, 1.54) is 32.0 Å². The monoisotopic (exact) mass is 479 g/mol. The topological polar surface area (TPSA) is 98.7 Å². The van der Waals surface area contributed by atoms with Gasteiger partial charge in [0, 0.05) is 32.7 Å². The Labute approximate surface area is 207 Å². The molecule has 3 aliphatic rings. The summed E-state index contributed by atoms with van der Waals surface area (Å²) >= 11 is 0. The Hall–Kier alpha value is -3.00. The third-order valence-corrected chi connectivity index (χ3v) is 7.52. The van der Waals surface area contributed by atoms with Crippen LogP contribution in [0.15, 0.2) is 36.7 Å². The number of nitrogens with zero attached hydrogens (tertiary/aromatic N) is 4. The summed E-state index contributed by atoms with van der Waals surface area (Å²) in [6.07, 6.45) is 7.22. The molecule has 35 heavy (non-hydrogen) atoms. The number of carboxylic acid groups (broad SMARTS) is 1. The number of hydrogen-bond donors (Lipinski definition) is 2. The lowest BCUT2D eigenvalue weighted by Gasteiger charge is -2.24. The third kappa shape index (κ3) is 6.36. The van der Waals surface area contributed by atoms with Crippen LogP contribution in [0.2, 0.25) is 0 Å². The first-order valence-corrected chi connectivity index (χ1v) is 12.8. The maximum absolute atomic E-state index is 13.0. The van der Waals surface area contributed by atoms with Gasteiger partial charge in [-0.25, -0.2) is 14.8 Å². The van der Waals surface area contributed by atoms with E-state index in [0.717, 1.165) is 56.1 Å². The van der Waals surface area contributed by atoms with Crippen LogP contribution in [0.1, 0.15) is 65.5 Å². The molecule has 1 saturated carbocycles. The standard InChI is InChI=1S/C23H29N5O3.C4H8/c1-15-21(16(2)25-14-24-15)22(29)28-12-18-10-27(11-19(18)13-28)9-8-20(26-23(30)31)17-6-4-3-5-7-17;1-2-4-3-1/h3-7,14,18-20,26H,8-13H2,1-2H3,(H,30,31);1-4H2/t18-,19?,20?;/m0./s1. The molecule has 2 N–H and O–H groups in total. The molecule has 0 bridgehead atoms. The zero-order valence-electron chi connectivity index (χ0n) is 20.8. The SMILES string of the molecule is C1CCC1.Cc1ncnc(C)c1C(=O)N1CC2CN(CCC(NC(=O)O)c3ccccc3)C[C@H]2C1. The van der Waals surface area contributed by atoms with Crippen molar-refractivity contribution in [3.63, 3.8) is 0 Å². The van der Waals surface area contributed by atoms with Gasteiger partial charge in [0.15, 0.2) is 0 Å². The molecule has 188 valence electrons. The molecular weight excluding hydrogens is 442 g/mol. The maximum atomic E-state index is 13.0. The molecule has 0 spiro atoms. The van der Waals surface area contributed by atoms with Crippen molar-refractivity contribution < 1.29 is 14.7 Å². The molecule has 3 heterocycles. The molecule has 2 amide bonds. The molecule has 2 aliphatic heterocycles. The number of rotatable bonds is 6. The van der Waals surface area contributed by atoms with Crippen LogP contribution in [-0.4, -0.2) is 69.6 Å². The van der Waals surface area contributed by atoms with Crippen LogP contribution >= 0.6 is 0 Å². The molecule has 3 atom stereocenters. The van der Waals surface area contributed by atoms with Gasteiger partial charge in [-0.15, -0.1) is 0 Å². The van der Waals surface area contributed by atoms with Gasteiger partial charge in [-0.2, -0.15) is 0 Å². The third-order valence-electron chi connectivity index (χ3n) is 7.52. The lowest BCUT2D eigenvalue weighted by atomic mass is 10.0. The van der Waals surface area contributed by atoms with Gasteiger partial charge < -0.3 is 20.2 Å². The van der Waals surface area contributed by atoms with Gasteiger partial charge in [0.05, 0.1) is 23.0 Å². The predicted octanol–water partition coefficient (Wildman–Crippen LogP) is 4.06. The van der Waals surface area contributed by atoms with Gasteiger partial charge in [-0.3, -0.25) is 4.79 Å². The molecule has 0 radical (unpaired) electrons. The van der Waals surface area contributed by atoms with Crippen LogP contribution in [0.5, 0.6) is 0 Å². The van der Waals surface area contributed by atoms with E-state index in [-0.39, 0.29) is 11.9 Å². The first kappa shape index (κ1) is 25.1. The van der Waals surface area contributed by atoms with E-state index in [4.69, 9.17) is 0 Å². The molecule has 1 aromatic heterocycles. The van der Waals surface area contributed by atoms with Crippen LogP contribution < -0.4 is 5.32 Å². The van der Waals surface area contributed by atoms with Crippen molar-refractivity contribution in [1.82, 2.24) is 25.1 Å². The van der Waals surface area contributed by atoms with Gasteiger partial charge in [-0.1, -0.05) is 56.0 Å². The second-order valence-electron chi connectivity index (χ2n) is 10.0. The van der Waals surface area contributed by atoms with Crippen LogP contribution in [0.25, 0.3) is 0 Å². The summed E-state index contributed by atoms with van der Waals surface area (Å²) in [5.41, 5.74) is 3.07. The molecule has 3 fully saturated rings. The quantitative estimate of drug-likeness (QED) is 0.648. The number of carbonyl (C=O) groups excluding carboxylic acids is 1. The molecule has 1 aromatic carbocycles. The zero-order valence-corrected chi connectivity index (χ0v) is 20.8. The molecule has 5 rings (SSSR count). The number of amides is 2. The van der Waals surface area contributed by atoms with E-state index in [2.05, 4.69) is 20.2 Å². The first-order valence-electron chi connectivity index (χ1n) is 12.8. The van der Waals surface area contributed by atoms with E-state index in [9.17, 15) is 14.7 Å². The minimum Gasteiger partial charge on any atom is -0.465 e. The lowest BCUT2D eigenvalue weighted by molar-refractivity contribution is 0.0771. The summed E-state index contributed by atoms with van der Waals surface area (Å²) < 4.78 is 0. The van der Waals surface area contributed by atoms with Gasteiger partial charge in [0.1, 0.15) is 6.33 Å². The first-order chi connectivity index (χ1) is 16.9. The van der Waals surface area contributed by atoms with Crippen molar-refractivity contribution in [3.05, 3.63) is 59.2 Å². The fraction of sp³-hybridized carbons (Fsp3) is 0.556. The van der Waals surface area contributed by atoms with Gasteiger partial charge in [-0.05, 0) is 37.7 Å². The minimum atomic E-state index is -1.00. The van der Waals surface area contributed by atoms with Crippen molar-refractivity contribution in [2.45, 2.75) is 52.0 Å². The Kier molecular flexibility index (Phi) is 8.33. The summed E-state index contributed by atoms with van der Waals surface area (Å²) in [5, 5.41) is 11.9. The Morgan fingerprint density at radius 2 is 1.54 bits per heavy atom. The molecule has 2 saturated heterocycles. The number of carbonyl (C=O) groups is 2. The van der Waals surface area contributed by atoms with Crippen LogP contribution in [0, 0.1) is 25.7 Å². The second kappa shape index (κ2) is 11.6. The van der Waals surface area contributed by atoms with Crippen molar-refractivity contribution in [2.75, 3.05) is 32.7 Å². The van der Waals surface area contributed by atoms with Crippen molar-refractivity contribution >= 4 is 12.0 Å². The predicted molar refractivity (Wildman–Crippen MR) is 134 cm³/mol. The number of benzene rings is 1. The summed E-state index contributed by atoms with van der Waals surface area (Å²) in [6, 6.07) is 9.49. The lowest BCUT2D eigenvalue weighted by Crippen LogP contribution is -2.35. The fourth-order valence-corrected chi connectivity index (χ4v) is 5.22. The van der Waals surface area contributed by atoms with Gasteiger partial charge >= 0.3 is 6.09 Å². The van der Waals surface area contributed by atoms with Crippen molar-refractivity contribution in [1.29, 1.82) is 0 Å². The number of hydrogen-bond acceptors (Lipinski definition) is 5. The molecule has 2 unspecified atom stereocenters. The maximum Gasteiger partial charge on any atom is 0.405 e.